The third-order valence-corrected chi connectivity index (χ3v) is 5.80. The second kappa shape index (κ2) is 6.85. The van der Waals surface area contributed by atoms with E-state index in [-0.39, 0.29) is 11.7 Å². The quantitative estimate of drug-likeness (QED) is 0.811. The normalized spacial score (nSPS) is 15.3. The van der Waals surface area contributed by atoms with Crippen molar-refractivity contribution in [2.24, 2.45) is 0 Å². The van der Waals surface area contributed by atoms with Crippen LogP contribution in [0.1, 0.15) is 24.2 Å². The molecule has 1 aliphatic rings. The number of hydrogen-bond donors (Lipinski definition) is 0. The lowest BCUT2D eigenvalue weighted by Crippen LogP contribution is -2.27. The van der Waals surface area contributed by atoms with Gasteiger partial charge in [-0.25, -0.2) is 8.42 Å². The minimum absolute atomic E-state index is 0.0428. The largest absolute Gasteiger partial charge is 0.484 e. The van der Waals surface area contributed by atoms with Crippen molar-refractivity contribution in [1.82, 2.24) is 4.31 Å². The molecule has 0 unspecified atom stereocenters. The third-order valence-electron chi connectivity index (χ3n) is 3.73. The van der Waals surface area contributed by atoms with E-state index in [1.807, 2.05) is 6.07 Å². The Bertz CT molecular complexity index is 880. The van der Waals surface area contributed by atoms with Crippen LogP contribution in [-0.2, 0) is 16.6 Å². The van der Waals surface area contributed by atoms with Gasteiger partial charge in [0.2, 0.25) is 5.09 Å². The van der Waals surface area contributed by atoms with Crippen LogP contribution in [0.2, 0.25) is 5.02 Å². The molecule has 1 aliphatic heterocycles. The second-order valence-corrected chi connectivity index (χ2v) is 7.65. The van der Waals surface area contributed by atoms with Crippen LogP contribution >= 0.6 is 11.6 Å². The molecule has 0 N–H and O–H groups in total. The maximum atomic E-state index is 12.4. The lowest BCUT2D eigenvalue weighted by Gasteiger charge is -2.12. The standard InChI is InChI=1S/C16H15ClN2O4S/c17-14-9-12(10-18)3-5-15(14)22-11-13-4-6-16(23-13)24(20,21)19-7-1-2-8-19/h3-6,9H,1-2,7-8,11H2. The average Bonchev–Trinajstić information content (AvgIpc) is 3.25. The molecule has 24 heavy (non-hydrogen) atoms. The lowest BCUT2D eigenvalue weighted by atomic mass is 10.2. The average molecular weight is 367 g/mol. The summed E-state index contributed by atoms with van der Waals surface area (Å²) in [4.78, 5) is 0. The first-order chi connectivity index (χ1) is 11.5. The van der Waals surface area contributed by atoms with Gasteiger partial charge in [-0.2, -0.15) is 9.57 Å². The van der Waals surface area contributed by atoms with E-state index in [4.69, 9.17) is 26.0 Å². The molecule has 1 aromatic carbocycles. The number of nitriles is 1. The molecule has 2 aromatic rings. The van der Waals surface area contributed by atoms with Crippen LogP contribution in [0.15, 0.2) is 39.8 Å². The molecular weight excluding hydrogens is 352 g/mol. The van der Waals surface area contributed by atoms with Crippen molar-refractivity contribution in [3.05, 3.63) is 46.7 Å². The predicted octanol–water partition coefficient (Wildman–Crippen LogP) is 3.17. The van der Waals surface area contributed by atoms with Gasteiger partial charge >= 0.3 is 0 Å². The van der Waals surface area contributed by atoms with Gasteiger partial charge in [0.15, 0.2) is 0 Å². The van der Waals surface area contributed by atoms with Gasteiger partial charge in [0.25, 0.3) is 10.0 Å². The number of halogens is 1. The molecule has 1 saturated heterocycles. The Morgan fingerprint density at radius 1 is 1.25 bits per heavy atom. The Hall–Kier alpha value is -2.01. The molecule has 3 rings (SSSR count). The van der Waals surface area contributed by atoms with Crippen molar-refractivity contribution in [2.45, 2.75) is 24.5 Å². The van der Waals surface area contributed by atoms with Crippen LogP contribution in [-0.4, -0.2) is 25.8 Å². The van der Waals surface area contributed by atoms with Gasteiger partial charge in [0.1, 0.15) is 18.1 Å². The van der Waals surface area contributed by atoms with Crippen molar-refractivity contribution < 1.29 is 17.6 Å². The van der Waals surface area contributed by atoms with Gasteiger partial charge < -0.3 is 9.15 Å². The van der Waals surface area contributed by atoms with Crippen LogP contribution in [0.4, 0.5) is 0 Å². The smallest absolute Gasteiger partial charge is 0.276 e. The molecule has 0 saturated carbocycles. The number of ether oxygens (including phenoxy) is 1. The van der Waals surface area contributed by atoms with Crippen LogP contribution in [0.25, 0.3) is 0 Å². The molecule has 126 valence electrons. The van der Waals surface area contributed by atoms with Crippen LogP contribution in [0.3, 0.4) is 0 Å². The van der Waals surface area contributed by atoms with Crippen LogP contribution in [0.5, 0.6) is 5.75 Å². The fraction of sp³-hybridized carbons (Fsp3) is 0.312. The Morgan fingerprint density at radius 2 is 2.00 bits per heavy atom. The van der Waals surface area contributed by atoms with E-state index in [1.54, 1.807) is 18.2 Å². The van der Waals surface area contributed by atoms with Crippen molar-refractivity contribution in [2.75, 3.05) is 13.1 Å². The minimum Gasteiger partial charge on any atom is -0.484 e. The molecule has 0 amide bonds. The maximum absolute atomic E-state index is 12.4. The molecule has 6 nitrogen and oxygen atoms in total. The van der Waals surface area contributed by atoms with Crippen molar-refractivity contribution >= 4 is 21.6 Å². The molecule has 8 heteroatoms. The Morgan fingerprint density at radius 3 is 2.67 bits per heavy atom. The molecule has 1 aromatic heterocycles. The highest BCUT2D eigenvalue weighted by Crippen LogP contribution is 2.27. The summed E-state index contributed by atoms with van der Waals surface area (Å²) in [5.41, 5.74) is 0.435. The monoisotopic (exact) mass is 366 g/mol. The first-order valence-corrected chi connectivity index (χ1v) is 9.24. The number of nitrogens with zero attached hydrogens (tertiary/aromatic N) is 2. The summed E-state index contributed by atoms with van der Waals surface area (Å²) < 4.78 is 37.1. The highest BCUT2D eigenvalue weighted by atomic mass is 35.5. The zero-order valence-electron chi connectivity index (χ0n) is 12.7. The van der Waals surface area contributed by atoms with E-state index in [0.29, 0.717) is 35.2 Å². The lowest BCUT2D eigenvalue weighted by molar-refractivity contribution is 0.256. The zero-order valence-corrected chi connectivity index (χ0v) is 14.3. The Balaban J connectivity index is 1.69. The van der Waals surface area contributed by atoms with Gasteiger partial charge in [-0.15, -0.1) is 0 Å². The number of rotatable bonds is 5. The van der Waals surface area contributed by atoms with Gasteiger partial charge in [-0.05, 0) is 43.2 Å². The van der Waals surface area contributed by atoms with E-state index < -0.39 is 10.0 Å². The van der Waals surface area contributed by atoms with Crippen LogP contribution < -0.4 is 4.74 Å². The first kappa shape index (κ1) is 16.8. The molecule has 0 radical (unpaired) electrons. The highest BCUT2D eigenvalue weighted by Gasteiger charge is 2.29. The highest BCUT2D eigenvalue weighted by molar-refractivity contribution is 7.89. The molecule has 0 aliphatic carbocycles. The van der Waals surface area contributed by atoms with E-state index >= 15 is 0 Å². The summed E-state index contributed by atoms with van der Waals surface area (Å²) in [5.74, 6) is 0.782. The summed E-state index contributed by atoms with van der Waals surface area (Å²) >= 11 is 6.03. The summed E-state index contributed by atoms with van der Waals surface area (Å²) in [6.45, 7) is 1.09. The summed E-state index contributed by atoms with van der Waals surface area (Å²) in [6, 6.07) is 9.67. The van der Waals surface area contributed by atoms with Gasteiger partial charge in [0, 0.05) is 13.1 Å². The van der Waals surface area contributed by atoms with Crippen molar-refractivity contribution in [1.29, 1.82) is 5.26 Å². The van der Waals surface area contributed by atoms with E-state index in [1.165, 1.54) is 16.4 Å². The minimum atomic E-state index is -3.57. The Kier molecular flexibility index (Phi) is 4.81. The number of benzene rings is 1. The second-order valence-electron chi connectivity index (χ2n) is 5.38. The van der Waals surface area contributed by atoms with Gasteiger partial charge in [0.05, 0.1) is 16.7 Å². The molecule has 0 atom stereocenters. The number of furan rings is 1. The predicted molar refractivity (Wildman–Crippen MR) is 87.2 cm³/mol. The Labute approximate surface area is 145 Å². The molecular formula is C16H15ClN2O4S. The maximum Gasteiger partial charge on any atom is 0.276 e. The van der Waals surface area contributed by atoms with Crippen molar-refractivity contribution in [3.63, 3.8) is 0 Å². The molecule has 1 fully saturated rings. The third kappa shape index (κ3) is 3.41. The SMILES string of the molecule is N#Cc1ccc(OCc2ccc(S(=O)(=O)N3CCCC3)o2)c(Cl)c1. The van der Waals surface area contributed by atoms with E-state index in [2.05, 4.69) is 0 Å². The number of sulfonamides is 1. The first-order valence-electron chi connectivity index (χ1n) is 7.42. The van der Waals surface area contributed by atoms with Crippen LogP contribution in [0, 0.1) is 11.3 Å². The number of hydrogen-bond acceptors (Lipinski definition) is 5. The fourth-order valence-corrected chi connectivity index (χ4v) is 4.15. The molecule has 0 spiro atoms. The fourth-order valence-electron chi connectivity index (χ4n) is 2.47. The summed E-state index contributed by atoms with van der Waals surface area (Å²) in [7, 11) is -3.57. The van der Waals surface area contributed by atoms with E-state index in [0.717, 1.165) is 12.8 Å². The summed E-state index contributed by atoms with van der Waals surface area (Å²) in [6.07, 6.45) is 1.74. The summed E-state index contributed by atoms with van der Waals surface area (Å²) in [5, 5.41) is 9.04. The van der Waals surface area contributed by atoms with Gasteiger partial charge in [-0.1, -0.05) is 11.6 Å². The zero-order chi connectivity index (χ0) is 17.2. The molecule has 0 bridgehead atoms. The topological polar surface area (TPSA) is 83.5 Å². The van der Waals surface area contributed by atoms with Crippen molar-refractivity contribution in [3.8, 4) is 11.8 Å². The molecule has 2 heterocycles. The van der Waals surface area contributed by atoms with Gasteiger partial charge in [-0.3, -0.25) is 0 Å². The van der Waals surface area contributed by atoms with E-state index in [9.17, 15) is 8.42 Å².